The highest BCUT2D eigenvalue weighted by molar-refractivity contribution is 9.10. The Morgan fingerprint density at radius 2 is 1.92 bits per heavy atom. The van der Waals surface area contributed by atoms with Crippen LogP contribution in [0.2, 0.25) is 0 Å². The minimum Gasteiger partial charge on any atom is -0.483 e. The molecule has 1 aromatic heterocycles. The number of nitrogens with one attached hydrogen (secondary N) is 1. The molecule has 0 bridgehead atoms. The number of carbonyl (C=O) groups is 1. The molecule has 0 radical (unpaired) electrons. The van der Waals surface area contributed by atoms with Crippen LogP contribution in [-0.2, 0) is 4.79 Å². The zero-order chi connectivity index (χ0) is 25.8. The topological polar surface area (TPSA) is 88.8 Å². The van der Waals surface area contributed by atoms with E-state index < -0.39 is 0 Å². The number of ether oxygens (including phenoxy) is 1. The summed E-state index contributed by atoms with van der Waals surface area (Å²) in [6, 6.07) is 18.5. The molecule has 0 aliphatic rings. The zero-order valence-electron chi connectivity index (χ0n) is 20.4. The maximum atomic E-state index is 13.1. The van der Waals surface area contributed by atoms with E-state index >= 15 is 0 Å². The fourth-order valence-corrected chi connectivity index (χ4v) is 3.95. The highest BCUT2D eigenvalue weighted by Crippen LogP contribution is 2.24. The van der Waals surface area contributed by atoms with Crippen LogP contribution in [0.5, 0.6) is 5.75 Å². The predicted octanol–water partition coefficient (Wildman–Crippen LogP) is 4.74. The third-order valence-electron chi connectivity index (χ3n) is 5.57. The lowest BCUT2D eigenvalue weighted by Crippen LogP contribution is -2.22. The summed E-state index contributed by atoms with van der Waals surface area (Å²) in [5.74, 6) is 0.641. The van der Waals surface area contributed by atoms with Crippen molar-refractivity contribution in [3.8, 4) is 5.75 Å². The Morgan fingerprint density at radius 1 is 1.14 bits per heavy atom. The predicted molar refractivity (Wildman–Crippen MR) is 148 cm³/mol. The molecule has 0 fully saturated rings. The Balaban J connectivity index is 1.62. The molecular weight excluding hydrogens is 522 g/mol. The van der Waals surface area contributed by atoms with Crippen molar-refractivity contribution < 1.29 is 9.53 Å². The van der Waals surface area contributed by atoms with Crippen molar-refractivity contribution in [3.05, 3.63) is 92.4 Å². The third-order valence-corrected chi connectivity index (χ3v) is 6.07. The second-order valence-electron chi connectivity index (χ2n) is 8.45. The van der Waals surface area contributed by atoms with E-state index in [-0.39, 0.29) is 18.1 Å². The molecule has 0 unspecified atom stereocenters. The Hall–Kier alpha value is -3.98. The van der Waals surface area contributed by atoms with Crippen LogP contribution < -0.4 is 20.5 Å². The van der Waals surface area contributed by atoms with Gasteiger partial charge in [-0.3, -0.25) is 9.59 Å². The molecule has 36 heavy (non-hydrogen) atoms. The molecule has 0 aliphatic heterocycles. The average Bonchev–Trinajstić information content (AvgIpc) is 2.85. The van der Waals surface area contributed by atoms with E-state index in [2.05, 4.69) is 31.3 Å². The summed E-state index contributed by atoms with van der Waals surface area (Å²) in [7, 11) is 3.83. The lowest BCUT2D eigenvalue weighted by atomic mass is 10.2. The van der Waals surface area contributed by atoms with Crippen LogP contribution in [0.25, 0.3) is 10.9 Å². The molecule has 0 atom stereocenters. The number of nitrogens with zero attached hydrogens (tertiary/aromatic N) is 4. The number of hydrogen-bond donors (Lipinski definition) is 1. The number of rotatable bonds is 7. The first-order chi connectivity index (χ1) is 17.2. The molecule has 1 heterocycles. The molecule has 184 valence electrons. The number of amides is 1. The third kappa shape index (κ3) is 5.63. The molecule has 1 amide bonds. The number of carbonyl (C=O) groups excluding carboxylic acids is 1. The number of aromatic nitrogens is 2. The fraction of sp³-hybridized carbons (Fsp3) is 0.185. The van der Waals surface area contributed by atoms with Crippen molar-refractivity contribution >= 4 is 50.3 Å². The highest BCUT2D eigenvalue weighted by atomic mass is 79.9. The first-order valence-electron chi connectivity index (χ1n) is 11.3. The van der Waals surface area contributed by atoms with Crippen molar-refractivity contribution in [3.63, 3.8) is 0 Å². The van der Waals surface area contributed by atoms with Gasteiger partial charge in [0.2, 0.25) is 0 Å². The highest BCUT2D eigenvalue weighted by Gasteiger charge is 2.11. The van der Waals surface area contributed by atoms with Crippen LogP contribution >= 0.6 is 15.9 Å². The number of aryl methyl sites for hydroxylation is 2. The van der Waals surface area contributed by atoms with Crippen molar-refractivity contribution in [2.75, 3.05) is 30.9 Å². The van der Waals surface area contributed by atoms with Crippen LogP contribution in [-0.4, -0.2) is 42.5 Å². The van der Waals surface area contributed by atoms with Crippen molar-refractivity contribution in [2.45, 2.75) is 13.8 Å². The van der Waals surface area contributed by atoms with Crippen LogP contribution in [0.3, 0.4) is 0 Å². The lowest BCUT2D eigenvalue weighted by molar-refractivity contribution is -0.118. The van der Waals surface area contributed by atoms with Gasteiger partial charge >= 0.3 is 0 Å². The van der Waals surface area contributed by atoms with E-state index in [1.807, 2.05) is 74.4 Å². The van der Waals surface area contributed by atoms with E-state index in [0.29, 0.717) is 28.0 Å². The maximum Gasteiger partial charge on any atom is 0.282 e. The number of benzene rings is 3. The Labute approximate surface area is 217 Å². The number of hydrogen-bond acceptors (Lipinski definition) is 6. The number of halogens is 1. The summed E-state index contributed by atoms with van der Waals surface area (Å²) < 4.78 is 7.94. The number of para-hydroxylation sites is 1. The largest absolute Gasteiger partial charge is 0.483 e. The van der Waals surface area contributed by atoms with Gasteiger partial charge < -0.3 is 15.0 Å². The number of fused-ring (bicyclic) bond motifs is 1. The van der Waals surface area contributed by atoms with Gasteiger partial charge in [-0.2, -0.15) is 9.78 Å². The lowest BCUT2D eigenvalue weighted by Gasteiger charge is -2.16. The molecule has 9 heteroatoms. The minimum atomic E-state index is -0.279. The van der Waals surface area contributed by atoms with E-state index in [4.69, 9.17) is 4.74 Å². The monoisotopic (exact) mass is 547 g/mol. The maximum absolute atomic E-state index is 13.1. The number of anilines is 2. The van der Waals surface area contributed by atoms with Gasteiger partial charge in [-0.15, -0.1) is 0 Å². The van der Waals surface area contributed by atoms with Gasteiger partial charge in [-0.25, -0.2) is 4.98 Å². The van der Waals surface area contributed by atoms with E-state index in [1.54, 1.807) is 19.1 Å². The first kappa shape index (κ1) is 25.1. The van der Waals surface area contributed by atoms with Gasteiger partial charge in [0.25, 0.3) is 11.5 Å². The molecule has 0 saturated carbocycles. The molecule has 4 aromatic rings. The van der Waals surface area contributed by atoms with Crippen molar-refractivity contribution in [2.24, 2.45) is 5.10 Å². The summed E-state index contributed by atoms with van der Waals surface area (Å²) in [6.45, 7) is 3.47. The SMILES string of the molecule is Cc1ccccc1NC(=O)COc1cc(N(C)C)ccc1C=Nn1c(C)nc2ccc(Br)cc2c1=O. The van der Waals surface area contributed by atoms with Crippen LogP contribution in [0.4, 0.5) is 11.4 Å². The molecule has 0 spiro atoms. The molecule has 4 rings (SSSR count). The van der Waals surface area contributed by atoms with E-state index in [1.165, 1.54) is 10.9 Å². The van der Waals surface area contributed by atoms with Crippen LogP contribution in [0, 0.1) is 13.8 Å². The summed E-state index contributed by atoms with van der Waals surface area (Å²) in [6.07, 6.45) is 1.54. The first-order valence-corrected chi connectivity index (χ1v) is 12.0. The quantitative estimate of drug-likeness (QED) is 0.337. The second-order valence-corrected chi connectivity index (χ2v) is 9.37. The Morgan fingerprint density at radius 3 is 2.67 bits per heavy atom. The van der Waals surface area contributed by atoms with Gasteiger partial charge in [0, 0.05) is 41.6 Å². The molecule has 8 nitrogen and oxygen atoms in total. The van der Waals surface area contributed by atoms with Gasteiger partial charge in [-0.1, -0.05) is 34.1 Å². The second kappa shape index (κ2) is 10.7. The molecular formula is C27H26BrN5O3. The standard InChI is InChI=1S/C27H26BrN5O3/c1-17-7-5-6-8-23(17)31-26(34)16-36-25-14-21(32(3)4)11-9-19(25)15-29-33-18(2)30-24-12-10-20(28)13-22(24)27(33)35/h5-15H,16H2,1-4H3,(H,31,34). The Kier molecular flexibility index (Phi) is 7.49. The molecule has 0 saturated heterocycles. The molecule has 3 aromatic carbocycles. The average molecular weight is 548 g/mol. The van der Waals surface area contributed by atoms with Crippen molar-refractivity contribution in [1.82, 2.24) is 9.66 Å². The fourth-order valence-electron chi connectivity index (χ4n) is 3.59. The van der Waals surface area contributed by atoms with Gasteiger partial charge in [0.05, 0.1) is 17.1 Å². The van der Waals surface area contributed by atoms with Gasteiger partial charge in [0.1, 0.15) is 11.6 Å². The molecule has 0 aliphatic carbocycles. The Bertz CT molecular complexity index is 1530. The summed E-state index contributed by atoms with van der Waals surface area (Å²) in [5, 5.41) is 7.73. The van der Waals surface area contributed by atoms with E-state index in [9.17, 15) is 9.59 Å². The van der Waals surface area contributed by atoms with Crippen molar-refractivity contribution in [1.29, 1.82) is 0 Å². The van der Waals surface area contributed by atoms with Gasteiger partial charge in [0.15, 0.2) is 6.61 Å². The normalized spacial score (nSPS) is 11.1. The summed E-state index contributed by atoms with van der Waals surface area (Å²) in [4.78, 5) is 32.0. The summed E-state index contributed by atoms with van der Waals surface area (Å²) in [5.41, 5.74) is 3.54. The van der Waals surface area contributed by atoms with Gasteiger partial charge in [-0.05, 0) is 55.8 Å². The zero-order valence-corrected chi connectivity index (χ0v) is 22.0. The molecule has 1 N–H and O–H groups in total. The summed E-state index contributed by atoms with van der Waals surface area (Å²) >= 11 is 3.40. The smallest absolute Gasteiger partial charge is 0.282 e. The minimum absolute atomic E-state index is 0.184. The van der Waals surface area contributed by atoms with E-state index in [0.717, 1.165) is 21.4 Å². The van der Waals surface area contributed by atoms with Crippen LogP contribution in [0.1, 0.15) is 17.0 Å². The van der Waals surface area contributed by atoms with Crippen LogP contribution in [0.15, 0.2) is 75.0 Å².